The molecule has 1 saturated heterocycles. The molecule has 2 atom stereocenters. The predicted octanol–water partition coefficient (Wildman–Crippen LogP) is 1.63. The third-order valence-electron chi connectivity index (χ3n) is 4.83. The fourth-order valence-electron chi connectivity index (χ4n) is 3.46. The lowest BCUT2D eigenvalue weighted by Gasteiger charge is -2.36. The van der Waals surface area contributed by atoms with E-state index < -0.39 is 0 Å². The average molecular weight is 287 g/mol. The zero-order valence-electron chi connectivity index (χ0n) is 12.8. The van der Waals surface area contributed by atoms with Crippen molar-refractivity contribution in [2.75, 3.05) is 31.1 Å². The Kier molecular flexibility index (Phi) is 4.27. The lowest BCUT2D eigenvalue weighted by atomic mass is 9.95. The first-order chi connectivity index (χ1) is 10.1. The molecule has 2 aliphatic rings. The number of rotatable bonds is 2. The van der Waals surface area contributed by atoms with Crippen LogP contribution in [-0.4, -0.2) is 43.0 Å². The SMILES string of the molecule is CC1CN(CC(=O)N2CCCc3ccccc32)CCC1N. The van der Waals surface area contributed by atoms with E-state index >= 15 is 0 Å². The van der Waals surface area contributed by atoms with Gasteiger partial charge in [0.2, 0.25) is 5.91 Å². The number of aryl methyl sites for hydroxylation is 1. The second-order valence-electron chi connectivity index (χ2n) is 6.44. The topological polar surface area (TPSA) is 49.6 Å². The summed E-state index contributed by atoms with van der Waals surface area (Å²) in [5.74, 6) is 0.699. The van der Waals surface area contributed by atoms with Gasteiger partial charge in [0, 0.05) is 31.4 Å². The maximum atomic E-state index is 12.7. The van der Waals surface area contributed by atoms with E-state index in [1.165, 1.54) is 5.56 Å². The minimum Gasteiger partial charge on any atom is -0.327 e. The van der Waals surface area contributed by atoms with Gasteiger partial charge in [0.05, 0.1) is 6.54 Å². The zero-order valence-corrected chi connectivity index (χ0v) is 12.8. The summed E-state index contributed by atoms with van der Waals surface area (Å²) in [6, 6.07) is 8.57. The average Bonchev–Trinajstić information content (AvgIpc) is 2.50. The van der Waals surface area contributed by atoms with Gasteiger partial charge >= 0.3 is 0 Å². The minimum absolute atomic E-state index is 0.227. The lowest BCUT2D eigenvalue weighted by molar-refractivity contribution is -0.120. The van der Waals surface area contributed by atoms with Crippen molar-refractivity contribution in [1.82, 2.24) is 4.90 Å². The largest absolute Gasteiger partial charge is 0.327 e. The van der Waals surface area contributed by atoms with E-state index in [1.807, 2.05) is 11.0 Å². The number of carbonyl (C=O) groups excluding carboxylic acids is 1. The normalized spacial score (nSPS) is 26.5. The number of para-hydroxylation sites is 1. The van der Waals surface area contributed by atoms with Crippen LogP contribution in [0, 0.1) is 5.92 Å². The van der Waals surface area contributed by atoms with E-state index in [4.69, 9.17) is 5.73 Å². The Hall–Kier alpha value is -1.39. The zero-order chi connectivity index (χ0) is 14.8. The van der Waals surface area contributed by atoms with Crippen LogP contribution in [0.15, 0.2) is 24.3 Å². The van der Waals surface area contributed by atoms with Gasteiger partial charge in [-0.1, -0.05) is 25.1 Å². The molecule has 0 saturated carbocycles. The van der Waals surface area contributed by atoms with Gasteiger partial charge in [0.1, 0.15) is 0 Å². The minimum atomic E-state index is 0.227. The smallest absolute Gasteiger partial charge is 0.241 e. The van der Waals surface area contributed by atoms with E-state index in [2.05, 4.69) is 30.0 Å². The Balaban J connectivity index is 1.67. The number of anilines is 1. The van der Waals surface area contributed by atoms with Crippen molar-refractivity contribution in [3.05, 3.63) is 29.8 Å². The van der Waals surface area contributed by atoms with Crippen molar-refractivity contribution in [2.45, 2.75) is 32.2 Å². The summed E-state index contributed by atoms with van der Waals surface area (Å²) in [5.41, 5.74) is 8.46. The first kappa shape index (κ1) is 14.5. The highest BCUT2D eigenvalue weighted by molar-refractivity contribution is 5.95. The van der Waals surface area contributed by atoms with Gasteiger partial charge in [0.15, 0.2) is 0 Å². The Morgan fingerprint density at radius 2 is 2.14 bits per heavy atom. The molecule has 4 heteroatoms. The van der Waals surface area contributed by atoms with Gasteiger partial charge in [-0.05, 0) is 36.8 Å². The van der Waals surface area contributed by atoms with Crippen LogP contribution in [0.25, 0.3) is 0 Å². The van der Waals surface area contributed by atoms with Gasteiger partial charge in [-0.2, -0.15) is 0 Å². The molecule has 0 spiro atoms. The van der Waals surface area contributed by atoms with Crippen LogP contribution in [0.4, 0.5) is 5.69 Å². The van der Waals surface area contributed by atoms with E-state index in [0.29, 0.717) is 12.5 Å². The van der Waals surface area contributed by atoms with Crippen LogP contribution in [0.2, 0.25) is 0 Å². The van der Waals surface area contributed by atoms with Gasteiger partial charge in [-0.15, -0.1) is 0 Å². The summed E-state index contributed by atoms with van der Waals surface area (Å²) in [6.45, 7) is 5.41. The van der Waals surface area contributed by atoms with Crippen molar-refractivity contribution in [3.8, 4) is 0 Å². The van der Waals surface area contributed by atoms with Crippen molar-refractivity contribution in [1.29, 1.82) is 0 Å². The fraction of sp³-hybridized carbons (Fsp3) is 0.588. The van der Waals surface area contributed by atoms with Gasteiger partial charge in [0.25, 0.3) is 0 Å². The Morgan fingerprint density at radius 1 is 1.33 bits per heavy atom. The predicted molar refractivity (Wildman–Crippen MR) is 85.3 cm³/mol. The highest BCUT2D eigenvalue weighted by Gasteiger charge is 2.27. The molecule has 2 aliphatic heterocycles. The molecule has 2 unspecified atom stereocenters. The molecule has 4 nitrogen and oxygen atoms in total. The number of likely N-dealkylation sites (tertiary alicyclic amines) is 1. The molecule has 1 aromatic carbocycles. The van der Waals surface area contributed by atoms with Crippen LogP contribution in [0.1, 0.15) is 25.3 Å². The summed E-state index contributed by atoms with van der Waals surface area (Å²) < 4.78 is 0. The number of amides is 1. The Bertz CT molecular complexity index is 517. The number of hydrogen-bond donors (Lipinski definition) is 1. The van der Waals surface area contributed by atoms with Crippen molar-refractivity contribution in [2.24, 2.45) is 11.7 Å². The lowest BCUT2D eigenvalue weighted by Crippen LogP contribution is -2.50. The number of carbonyl (C=O) groups is 1. The Labute approximate surface area is 126 Å². The number of piperidine rings is 1. The maximum absolute atomic E-state index is 12.7. The van der Waals surface area contributed by atoms with E-state index in [1.54, 1.807) is 0 Å². The number of nitrogens with zero attached hydrogens (tertiary/aromatic N) is 2. The van der Waals surface area contributed by atoms with Crippen molar-refractivity contribution >= 4 is 11.6 Å². The number of fused-ring (bicyclic) bond motifs is 1. The van der Waals surface area contributed by atoms with E-state index in [9.17, 15) is 4.79 Å². The Morgan fingerprint density at radius 3 is 2.95 bits per heavy atom. The maximum Gasteiger partial charge on any atom is 0.241 e. The molecule has 1 amide bonds. The molecule has 1 fully saturated rings. The molecule has 0 aromatic heterocycles. The first-order valence-corrected chi connectivity index (χ1v) is 8.01. The fourth-order valence-corrected chi connectivity index (χ4v) is 3.46. The second-order valence-corrected chi connectivity index (χ2v) is 6.44. The van der Waals surface area contributed by atoms with Crippen LogP contribution in [-0.2, 0) is 11.2 Å². The standard InChI is InChI=1S/C17H25N3O/c1-13-11-19(10-8-15(13)18)12-17(21)20-9-4-6-14-5-2-3-7-16(14)20/h2-3,5,7,13,15H,4,6,8-12,18H2,1H3. The third-order valence-corrected chi connectivity index (χ3v) is 4.83. The number of nitrogens with two attached hydrogens (primary N) is 1. The summed E-state index contributed by atoms with van der Waals surface area (Å²) in [5, 5.41) is 0. The summed E-state index contributed by atoms with van der Waals surface area (Å²) in [6.07, 6.45) is 3.13. The quantitative estimate of drug-likeness (QED) is 0.899. The van der Waals surface area contributed by atoms with Crippen LogP contribution < -0.4 is 10.6 Å². The van der Waals surface area contributed by atoms with Crippen molar-refractivity contribution in [3.63, 3.8) is 0 Å². The first-order valence-electron chi connectivity index (χ1n) is 8.01. The molecule has 0 aliphatic carbocycles. The summed E-state index contributed by atoms with van der Waals surface area (Å²) in [7, 11) is 0. The number of hydrogen-bond acceptors (Lipinski definition) is 3. The van der Waals surface area contributed by atoms with Crippen LogP contribution >= 0.6 is 0 Å². The van der Waals surface area contributed by atoms with Gasteiger partial charge in [-0.25, -0.2) is 0 Å². The molecular formula is C17H25N3O. The molecule has 3 rings (SSSR count). The van der Waals surface area contributed by atoms with E-state index in [0.717, 1.165) is 44.6 Å². The highest BCUT2D eigenvalue weighted by atomic mass is 16.2. The number of benzene rings is 1. The molecule has 0 bridgehead atoms. The molecule has 1 aromatic rings. The molecule has 114 valence electrons. The summed E-state index contributed by atoms with van der Waals surface area (Å²) >= 11 is 0. The molecule has 21 heavy (non-hydrogen) atoms. The van der Waals surface area contributed by atoms with Crippen LogP contribution in [0.3, 0.4) is 0 Å². The van der Waals surface area contributed by atoms with Gasteiger partial charge < -0.3 is 10.6 Å². The molecule has 0 radical (unpaired) electrons. The summed E-state index contributed by atoms with van der Waals surface area (Å²) in [4.78, 5) is 16.9. The van der Waals surface area contributed by atoms with Gasteiger partial charge in [-0.3, -0.25) is 9.69 Å². The highest BCUT2D eigenvalue weighted by Crippen LogP contribution is 2.27. The third kappa shape index (κ3) is 3.11. The van der Waals surface area contributed by atoms with Crippen molar-refractivity contribution < 1.29 is 4.79 Å². The van der Waals surface area contributed by atoms with E-state index in [-0.39, 0.29) is 11.9 Å². The molecule has 2 N–H and O–H groups in total. The molecular weight excluding hydrogens is 262 g/mol. The monoisotopic (exact) mass is 287 g/mol. The second kappa shape index (κ2) is 6.16. The molecule has 2 heterocycles. The van der Waals surface area contributed by atoms with Crippen LogP contribution in [0.5, 0.6) is 0 Å².